The minimum absolute atomic E-state index is 0.150. The molecule has 8 heteroatoms. The molecule has 29 heavy (non-hydrogen) atoms. The van der Waals surface area contributed by atoms with Gasteiger partial charge in [-0.05, 0) is 55.0 Å². The third-order valence-corrected chi connectivity index (χ3v) is 7.45. The number of anilines is 1. The van der Waals surface area contributed by atoms with Gasteiger partial charge in [0.25, 0.3) is 0 Å². The van der Waals surface area contributed by atoms with Crippen molar-refractivity contribution in [2.75, 3.05) is 24.2 Å². The quantitative estimate of drug-likeness (QED) is 0.657. The topological polar surface area (TPSA) is 75.2 Å². The monoisotopic (exact) mass is 430 g/mol. The highest BCUT2D eigenvalue weighted by atomic mass is 35.5. The lowest BCUT2D eigenvalue weighted by Gasteiger charge is -2.32. The number of aromatic nitrogens is 2. The summed E-state index contributed by atoms with van der Waals surface area (Å²) in [5, 5.41) is 6.33. The number of benzene rings is 1. The summed E-state index contributed by atoms with van der Waals surface area (Å²) in [6, 6.07) is 8.28. The van der Waals surface area contributed by atoms with Gasteiger partial charge in [-0.1, -0.05) is 11.6 Å². The molecule has 1 aliphatic rings. The van der Waals surface area contributed by atoms with E-state index < -0.39 is 10.0 Å². The molecule has 1 saturated heterocycles. The van der Waals surface area contributed by atoms with Gasteiger partial charge in [0, 0.05) is 60.6 Å². The van der Waals surface area contributed by atoms with Gasteiger partial charge in [-0.15, -0.1) is 0 Å². The van der Waals surface area contributed by atoms with Gasteiger partial charge in [-0.25, -0.2) is 12.7 Å². The van der Waals surface area contributed by atoms with Crippen LogP contribution in [0.25, 0.3) is 21.9 Å². The van der Waals surface area contributed by atoms with E-state index in [1.165, 1.54) is 0 Å². The molecule has 6 nitrogen and oxygen atoms in total. The molecule has 3 aromatic rings. The zero-order chi connectivity index (χ0) is 20.4. The minimum Gasteiger partial charge on any atom is -0.382 e. The Morgan fingerprint density at radius 3 is 2.62 bits per heavy atom. The first-order valence-corrected chi connectivity index (χ1v) is 11.7. The molecule has 1 N–H and O–H groups in total. The van der Waals surface area contributed by atoms with E-state index in [0.29, 0.717) is 18.1 Å². The van der Waals surface area contributed by atoms with E-state index in [-0.39, 0.29) is 11.8 Å². The summed E-state index contributed by atoms with van der Waals surface area (Å²) in [6.45, 7) is 2.78. The SMILES string of the molecule is CCS(=O)(=O)N1CCC(Nc2cc(-c3cncc(Cl)c3)cc3ccncc23)CC1. The van der Waals surface area contributed by atoms with Gasteiger partial charge in [0.1, 0.15) is 0 Å². The first-order chi connectivity index (χ1) is 14.0. The van der Waals surface area contributed by atoms with Crippen LogP contribution in [0.15, 0.2) is 49.1 Å². The Hall–Kier alpha value is -2.22. The van der Waals surface area contributed by atoms with Gasteiger partial charge in [-0.3, -0.25) is 9.97 Å². The smallest absolute Gasteiger partial charge is 0.213 e. The highest BCUT2D eigenvalue weighted by Gasteiger charge is 2.26. The molecule has 0 spiro atoms. The van der Waals surface area contributed by atoms with Gasteiger partial charge in [0.15, 0.2) is 0 Å². The number of halogens is 1. The van der Waals surface area contributed by atoms with E-state index in [4.69, 9.17) is 11.6 Å². The Kier molecular flexibility index (Phi) is 5.72. The standard InChI is InChI=1S/C21H23ClN4O2S/c1-2-29(27,28)26-7-4-19(5-8-26)25-21-11-16(17-10-18(22)13-24-12-17)9-15-3-6-23-14-20(15)21/h3,6,9-14,19,25H,2,4-5,7-8H2,1H3. The van der Waals surface area contributed by atoms with E-state index in [1.807, 2.05) is 18.3 Å². The maximum absolute atomic E-state index is 12.1. The van der Waals surface area contributed by atoms with Crippen LogP contribution in [0.2, 0.25) is 5.02 Å². The molecule has 4 rings (SSSR count). The van der Waals surface area contributed by atoms with Crippen molar-refractivity contribution in [3.63, 3.8) is 0 Å². The Morgan fingerprint density at radius 2 is 1.90 bits per heavy atom. The van der Waals surface area contributed by atoms with Crippen molar-refractivity contribution in [1.82, 2.24) is 14.3 Å². The number of piperidine rings is 1. The molecule has 152 valence electrons. The van der Waals surface area contributed by atoms with Crippen LogP contribution in [0, 0.1) is 0 Å². The van der Waals surface area contributed by atoms with E-state index in [0.717, 1.165) is 40.4 Å². The summed E-state index contributed by atoms with van der Waals surface area (Å²) in [5.74, 6) is 0.150. The summed E-state index contributed by atoms with van der Waals surface area (Å²) < 4.78 is 25.8. The Bertz CT molecular complexity index is 1130. The summed E-state index contributed by atoms with van der Waals surface area (Å²) in [7, 11) is -3.12. The second-order valence-electron chi connectivity index (χ2n) is 7.23. The third-order valence-electron chi connectivity index (χ3n) is 5.37. The molecule has 0 saturated carbocycles. The van der Waals surface area contributed by atoms with Crippen LogP contribution in [-0.2, 0) is 10.0 Å². The third kappa shape index (κ3) is 4.37. The lowest BCUT2D eigenvalue weighted by atomic mass is 10.00. The highest BCUT2D eigenvalue weighted by molar-refractivity contribution is 7.89. The highest BCUT2D eigenvalue weighted by Crippen LogP contribution is 2.32. The van der Waals surface area contributed by atoms with E-state index in [1.54, 1.807) is 29.8 Å². The molecule has 0 radical (unpaired) electrons. The van der Waals surface area contributed by atoms with Gasteiger partial charge < -0.3 is 5.32 Å². The van der Waals surface area contributed by atoms with E-state index in [2.05, 4.69) is 27.4 Å². The van der Waals surface area contributed by atoms with Crippen molar-refractivity contribution in [3.8, 4) is 11.1 Å². The molecule has 0 aliphatic carbocycles. The Labute approximate surface area is 176 Å². The second kappa shape index (κ2) is 8.26. The Morgan fingerprint density at radius 1 is 1.10 bits per heavy atom. The fourth-order valence-electron chi connectivity index (χ4n) is 3.74. The normalized spacial score (nSPS) is 16.2. The fourth-order valence-corrected chi connectivity index (χ4v) is 5.04. The fraction of sp³-hybridized carbons (Fsp3) is 0.333. The van der Waals surface area contributed by atoms with Crippen molar-refractivity contribution < 1.29 is 8.42 Å². The van der Waals surface area contributed by atoms with Crippen molar-refractivity contribution in [2.45, 2.75) is 25.8 Å². The average Bonchev–Trinajstić information content (AvgIpc) is 2.74. The van der Waals surface area contributed by atoms with Crippen LogP contribution < -0.4 is 5.32 Å². The number of nitrogens with zero attached hydrogens (tertiary/aromatic N) is 3. The summed E-state index contributed by atoms with van der Waals surface area (Å²) in [6.07, 6.45) is 8.59. The molecular formula is C21H23ClN4O2S. The first-order valence-electron chi connectivity index (χ1n) is 9.69. The minimum atomic E-state index is -3.12. The summed E-state index contributed by atoms with van der Waals surface area (Å²) >= 11 is 6.13. The van der Waals surface area contributed by atoms with Crippen LogP contribution in [0.5, 0.6) is 0 Å². The van der Waals surface area contributed by atoms with Crippen molar-refractivity contribution >= 4 is 38.1 Å². The van der Waals surface area contributed by atoms with Gasteiger partial charge >= 0.3 is 0 Å². The number of hydrogen-bond donors (Lipinski definition) is 1. The van der Waals surface area contributed by atoms with Crippen LogP contribution >= 0.6 is 11.6 Å². The lowest BCUT2D eigenvalue weighted by molar-refractivity contribution is 0.330. The van der Waals surface area contributed by atoms with Crippen molar-refractivity contribution in [1.29, 1.82) is 0 Å². The average molecular weight is 431 g/mol. The molecular weight excluding hydrogens is 408 g/mol. The maximum Gasteiger partial charge on any atom is 0.213 e. The van der Waals surface area contributed by atoms with Crippen molar-refractivity contribution in [2.24, 2.45) is 0 Å². The molecule has 0 amide bonds. The lowest BCUT2D eigenvalue weighted by Crippen LogP contribution is -2.42. The van der Waals surface area contributed by atoms with Crippen LogP contribution in [0.4, 0.5) is 5.69 Å². The number of pyridine rings is 2. The summed E-state index contributed by atoms with van der Waals surface area (Å²) in [5.41, 5.74) is 2.96. The zero-order valence-corrected chi connectivity index (χ0v) is 17.7. The number of sulfonamides is 1. The predicted octanol–water partition coefficient (Wildman–Crippen LogP) is 4.18. The molecule has 3 heterocycles. The van der Waals surface area contributed by atoms with Gasteiger partial charge in [0.05, 0.1) is 10.8 Å². The summed E-state index contributed by atoms with van der Waals surface area (Å²) in [4.78, 5) is 8.48. The molecule has 2 aromatic heterocycles. The second-order valence-corrected chi connectivity index (χ2v) is 9.92. The first kappa shape index (κ1) is 20.1. The molecule has 0 bridgehead atoms. The van der Waals surface area contributed by atoms with Crippen LogP contribution in [0.3, 0.4) is 0 Å². The predicted molar refractivity (Wildman–Crippen MR) is 118 cm³/mol. The number of fused-ring (bicyclic) bond motifs is 1. The molecule has 0 atom stereocenters. The number of rotatable bonds is 5. The Balaban J connectivity index is 1.62. The maximum atomic E-state index is 12.1. The molecule has 1 aliphatic heterocycles. The molecule has 1 fully saturated rings. The largest absolute Gasteiger partial charge is 0.382 e. The van der Waals surface area contributed by atoms with E-state index in [9.17, 15) is 8.42 Å². The number of nitrogens with one attached hydrogen (secondary N) is 1. The molecule has 1 aromatic carbocycles. The van der Waals surface area contributed by atoms with E-state index >= 15 is 0 Å². The van der Waals surface area contributed by atoms with Crippen LogP contribution in [-0.4, -0.2) is 47.6 Å². The zero-order valence-electron chi connectivity index (χ0n) is 16.2. The number of hydrogen-bond acceptors (Lipinski definition) is 5. The van der Waals surface area contributed by atoms with Crippen LogP contribution in [0.1, 0.15) is 19.8 Å². The van der Waals surface area contributed by atoms with Crippen molar-refractivity contribution in [3.05, 3.63) is 54.1 Å². The van der Waals surface area contributed by atoms with Gasteiger partial charge in [0.2, 0.25) is 10.0 Å². The van der Waals surface area contributed by atoms with Gasteiger partial charge in [-0.2, -0.15) is 0 Å². The molecule has 0 unspecified atom stereocenters.